The van der Waals surface area contributed by atoms with E-state index < -0.39 is 0 Å². The Balaban J connectivity index is 2.06. The summed E-state index contributed by atoms with van der Waals surface area (Å²) in [5.41, 5.74) is 3.48. The number of allylic oxidation sites excluding steroid dienone is 1. The number of nitrogens with zero attached hydrogens (tertiary/aromatic N) is 4. The van der Waals surface area contributed by atoms with Gasteiger partial charge in [0.05, 0.1) is 12.3 Å². The number of ether oxygens (including phenoxy) is 1. The number of tetrazole rings is 1. The zero-order valence-electron chi connectivity index (χ0n) is 18.5. The van der Waals surface area contributed by atoms with E-state index in [4.69, 9.17) is 15.5 Å². The van der Waals surface area contributed by atoms with Gasteiger partial charge in [0.2, 0.25) is 0 Å². The van der Waals surface area contributed by atoms with E-state index in [9.17, 15) is 4.79 Å². The highest BCUT2D eigenvalue weighted by Gasteiger charge is 2.20. The molecule has 0 spiro atoms. The lowest BCUT2D eigenvalue weighted by Crippen LogP contribution is -2.23. The van der Waals surface area contributed by atoms with Crippen molar-refractivity contribution in [3.05, 3.63) is 69.6 Å². The largest absolute Gasteiger partial charge is 0.494 e. The Morgan fingerprint density at radius 1 is 1.13 bits per heavy atom. The van der Waals surface area contributed by atoms with E-state index in [0.717, 1.165) is 41.7 Å². The van der Waals surface area contributed by atoms with Crippen LogP contribution in [0.2, 0.25) is 0 Å². The molecule has 0 unspecified atom stereocenters. The van der Waals surface area contributed by atoms with Crippen molar-refractivity contribution in [2.75, 3.05) is 6.61 Å². The average Bonchev–Trinajstić information content (AvgIpc) is 3.11. The molecule has 0 radical (unpaired) electrons. The highest BCUT2D eigenvalue weighted by Crippen LogP contribution is 2.33. The number of aryl methyl sites for hydroxylation is 2. The van der Waals surface area contributed by atoms with Crippen LogP contribution >= 0.6 is 0 Å². The lowest BCUT2D eigenvalue weighted by atomic mass is 9.98. The molecule has 0 aliphatic carbocycles. The fourth-order valence-corrected chi connectivity index (χ4v) is 3.42. The van der Waals surface area contributed by atoms with Crippen molar-refractivity contribution in [2.24, 2.45) is 12.9 Å². The van der Waals surface area contributed by atoms with Gasteiger partial charge in [-0.05, 0) is 60.0 Å². The molecule has 2 aromatic carbocycles. The van der Waals surface area contributed by atoms with Gasteiger partial charge in [0.1, 0.15) is 5.75 Å². The summed E-state index contributed by atoms with van der Waals surface area (Å²) in [7, 11) is 1.55. The van der Waals surface area contributed by atoms with Gasteiger partial charge in [-0.1, -0.05) is 44.0 Å². The third-order valence-corrected chi connectivity index (χ3v) is 5.17. The fraction of sp³-hybridized carbons (Fsp3) is 0.348. The van der Waals surface area contributed by atoms with E-state index >= 15 is 0 Å². The van der Waals surface area contributed by atoms with Gasteiger partial charge in [0.25, 0.3) is 0 Å². The van der Waals surface area contributed by atoms with Crippen LogP contribution in [0.3, 0.4) is 0 Å². The standard InChI is InChI=1S/C23H29N5O3/c1-5-6-7-14-30-19-12-9-11-18(15-19)17(3)22(31-24)21-16(2)10-8-13-20(21)28-23(29)27(4)25-26-28/h8-13,15H,5-7,14,24H2,1-4H3/b22-17+. The van der Waals surface area contributed by atoms with Gasteiger partial charge < -0.3 is 9.57 Å². The van der Waals surface area contributed by atoms with Crippen molar-refractivity contribution in [1.29, 1.82) is 0 Å². The highest BCUT2D eigenvalue weighted by atomic mass is 16.6. The molecule has 0 aliphatic heterocycles. The van der Waals surface area contributed by atoms with Gasteiger partial charge in [-0.15, -0.1) is 0 Å². The number of hydrogen-bond acceptors (Lipinski definition) is 6. The van der Waals surface area contributed by atoms with Crippen LogP contribution in [0.25, 0.3) is 17.0 Å². The maximum atomic E-state index is 12.5. The van der Waals surface area contributed by atoms with E-state index in [1.165, 1.54) is 9.36 Å². The summed E-state index contributed by atoms with van der Waals surface area (Å²) in [6.45, 7) is 6.70. The SMILES string of the molecule is CCCCCOc1cccc(/C(C)=C(/ON)c2c(C)cccc2-n2nnn(C)c2=O)c1. The maximum absolute atomic E-state index is 12.5. The number of benzene rings is 2. The van der Waals surface area contributed by atoms with Crippen molar-refractivity contribution in [2.45, 2.75) is 40.0 Å². The van der Waals surface area contributed by atoms with Gasteiger partial charge in [-0.25, -0.2) is 4.79 Å². The summed E-state index contributed by atoms with van der Waals surface area (Å²) >= 11 is 0. The third kappa shape index (κ3) is 4.86. The van der Waals surface area contributed by atoms with Crippen molar-refractivity contribution in [3.8, 4) is 11.4 Å². The van der Waals surface area contributed by atoms with Crippen molar-refractivity contribution < 1.29 is 9.57 Å². The predicted octanol–water partition coefficient (Wildman–Crippen LogP) is 3.62. The molecule has 0 amide bonds. The number of hydrogen-bond donors (Lipinski definition) is 1. The Kier molecular flexibility index (Phi) is 7.25. The zero-order chi connectivity index (χ0) is 22.4. The maximum Gasteiger partial charge on any atom is 0.368 e. The first-order valence-electron chi connectivity index (χ1n) is 10.4. The van der Waals surface area contributed by atoms with E-state index in [1.807, 2.05) is 50.2 Å². The Morgan fingerprint density at radius 3 is 2.58 bits per heavy atom. The Hall–Kier alpha value is -3.39. The van der Waals surface area contributed by atoms with Crippen LogP contribution in [0.1, 0.15) is 49.8 Å². The number of rotatable bonds is 9. The minimum Gasteiger partial charge on any atom is -0.494 e. The molecule has 0 bridgehead atoms. The van der Waals surface area contributed by atoms with Crippen LogP contribution in [0.5, 0.6) is 5.75 Å². The first kappa shape index (κ1) is 22.3. The van der Waals surface area contributed by atoms with E-state index in [1.54, 1.807) is 13.1 Å². The monoisotopic (exact) mass is 423 g/mol. The van der Waals surface area contributed by atoms with Gasteiger partial charge in [-0.3, -0.25) is 0 Å². The second-order valence-electron chi connectivity index (χ2n) is 7.42. The van der Waals surface area contributed by atoms with E-state index in [0.29, 0.717) is 23.6 Å². The molecule has 0 aliphatic rings. The first-order chi connectivity index (χ1) is 15.0. The van der Waals surface area contributed by atoms with Crippen LogP contribution in [0.15, 0.2) is 47.3 Å². The molecule has 0 fully saturated rings. The predicted molar refractivity (Wildman–Crippen MR) is 121 cm³/mol. The highest BCUT2D eigenvalue weighted by molar-refractivity contribution is 5.90. The quantitative estimate of drug-likeness (QED) is 0.244. The molecular formula is C23H29N5O3. The smallest absolute Gasteiger partial charge is 0.368 e. The summed E-state index contributed by atoms with van der Waals surface area (Å²) in [6, 6.07) is 13.4. The molecular weight excluding hydrogens is 394 g/mol. The molecule has 0 saturated carbocycles. The molecule has 0 saturated heterocycles. The van der Waals surface area contributed by atoms with E-state index in [-0.39, 0.29) is 5.69 Å². The number of aromatic nitrogens is 4. The van der Waals surface area contributed by atoms with Crippen molar-refractivity contribution in [1.82, 2.24) is 19.8 Å². The molecule has 1 heterocycles. The molecule has 164 valence electrons. The van der Waals surface area contributed by atoms with E-state index in [2.05, 4.69) is 17.4 Å². The molecule has 3 rings (SSSR count). The summed E-state index contributed by atoms with van der Waals surface area (Å²) in [5.74, 6) is 6.98. The Labute approximate surface area is 181 Å². The minimum absolute atomic E-state index is 0.358. The summed E-state index contributed by atoms with van der Waals surface area (Å²) < 4.78 is 8.30. The lowest BCUT2D eigenvalue weighted by Gasteiger charge is -2.17. The van der Waals surface area contributed by atoms with Gasteiger partial charge in [-0.2, -0.15) is 15.3 Å². The molecule has 2 N–H and O–H groups in total. The molecule has 3 aromatic rings. The zero-order valence-corrected chi connectivity index (χ0v) is 18.5. The summed E-state index contributed by atoms with van der Waals surface area (Å²) in [5, 5.41) is 7.79. The molecule has 8 nitrogen and oxygen atoms in total. The first-order valence-corrected chi connectivity index (χ1v) is 10.4. The Morgan fingerprint density at radius 2 is 1.90 bits per heavy atom. The molecule has 31 heavy (non-hydrogen) atoms. The van der Waals surface area contributed by atoms with Crippen LogP contribution in [-0.4, -0.2) is 26.4 Å². The van der Waals surface area contributed by atoms with Crippen LogP contribution in [0, 0.1) is 6.92 Å². The molecule has 0 atom stereocenters. The fourth-order valence-electron chi connectivity index (χ4n) is 3.42. The average molecular weight is 424 g/mol. The van der Waals surface area contributed by atoms with Crippen LogP contribution in [-0.2, 0) is 11.9 Å². The topological polar surface area (TPSA) is 97.2 Å². The third-order valence-electron chi connectivity index (χ3n) is 5.17. The minimum atomic E-state index is -0.358. The van der Waals surface area contributed by atoms with Crippen molar-refractivity contribution >= 4 is 11.3 Å². The number of nitrogens with two attached hydrogens (primary N) is 1. The van der Waals surface area contributed by atoms with Gasteiger partial charge >= 0.3 is 5.69 Å². The van der Waals surface area contributed by atoms with Gasteiger partial charge in [0, 0.05) is 18.2 Å². The van der Waals surface area contributed by atoms with Crippen LogP contribution in [0.4, 0.5) is 0 Å². The second kappa shape index (κ2) is 10.1. The van der Waals surface area contributed by atoms with Gasteiger partial charge in [0.15, 0.2) is 5.76 Å². The summed E-state index contributed by atoms with van der Waals surface area (Å²) in [6.07, 6.45) is 3.31. The molecule has 1 aromatic heterocycles. The van der Waals surface area contributed by atoms with Crippen molar-refractivity contribution in [3.63, 3.8) is 0 Å². The second-order valence-corrected chi connectivity index (χ2v) is 7.42. The Bertz CT molecular complexity index is 1130. The van der Waals surface area contributed by atoms with Crippen LogP contribution < -0.4 is 16.3 Å². The molecule has 8 heteroatoms. The normalized spacial score (nSPS) is 11.9. The lowest BCUT2D eigenvalue weighted by molar-refractivity contribution is 0.291. The summed E-state index contributed by atoms with van der Waals surface area (Å²) in [4.78, 5) is 17.8. The number of unbranched alkanes of at least 4 members (excludes halogenated alkanes) is 2.